The van der Waals surface area contributed by atoms with Crippen molar-refractivity contribution in [1.82, 2.24) is 10.2 Å². The summed E-state index contributed by atoms with van der Waals surface area (Å²) in [5.74, 6) is 1.76. The molecule has 0 spiro atoms. The summed E-state index contributed by atoms with van der Waals surface area (Å²) in [5, 5.41) is 9.94. The molecule has 3 aromatic rings. The van der Waals surface area contributed by atoms with Crippen molar-refractivity contribution in [2.45, 2.75) is 62.3 Å². The van der Waals surface area contributed by atoms with E-state index in [1.807, 2.05) is 12.1 Å². The van der Waals surface area contributed by atoms with E-state index in [-0.39, 0.29) is 5.63 Å². The minimum atomic E-state index is -0.324. The predicted octanol–water partition coefficient (Wildman–Crippen LogP) is 5.08. The molecule has 4 rings (SSSR count). The second-order valence-electron chi connectivity index (χ2n) is 6.80. The predicted molar refractivity (Wildman–Crippen MR) is 102 cm³/mol. The zero-order valence-corrected chi connectivity index (χ0v) is 15.7. The fraction of sp³-hybridized carbons (Fsp3) is 0.450. The lowest BCUT2D eigenvalue weighted by molar-refractivity contribution is 0.334. The monoisotopic (exact) mass is 370 g/mol. The van der Waals surface area contributed by atoms with Crippen molar-refractivity contribution in [2.24, 2.45) is 0 Å². The van der Waals surface area contributed by atoms with Crippen molar-refractivity contribution in [2.75, 3.05) is 0 Å². The number of hydrogen-bond acceptors (Lipinski definition) is 6. The second-order valence-corrected chi connectivity index (χ2v) is 7.73. The van der Waals surface area contributed by atoms with Crippen LogP contribution in [0.4, 0.5) is 0 Å². The van der Waals surface area contributed by atoms with Crippen LogP contribution in [0.2, 0.25) is 0 Å². The van der Waals surface area contributed by atoms with Gasteiger partial charge in [-0.15, -0.1) is 10.2 Å². The van der Waals surface area contributed by atoms with E-state index < -0.39 is 0 Å². The van der Waals surface area contributed by atoms with Gasteiger partial charge in [-0.1, -0.05) is 50.1 Å². The molecule has 0 bridgehead atoms. The number of rotatable bonds is 5. The van der Waals surface area contributed by atoms with Crippen molar-refractivity contribution < 1.29 is 8.83 Å². The number of aromatic nitrogens is 2. The zero-order chi connectivity index (χ0) is 17.9. The van der Waals surface area contributed by atoms with Gasteiger partial charge in [0.15, 0.2) is 0 Å². The molecule has 26 heavy (non-hydrogen) atoms. The highest BCUT2D eigenvalue weighted by Crippen LogP contribution is 2.33. The number of hydrogen-bond donors (Lipinski definition) is 0. The number of nitrogens with zero attached hydrogens (tertiary/aromatic N) is 2. The van der Waals surface area contributed by atoms with E-state index >= 15 is 0 Å². The number of fused-ring (bicyclic) bond motifs is 1. The number of thioether (sulfide) groups is 1. The highest BCUT2D eigenvalue weighted by atomic mass is 32.2. The van der Waals surface area contributed by atoms with Crippen LogP contribution >= 0.6 is 11.8 Å². The Morgan fingerprint density at radius 1 is 1.12 bits per heavy atom. The van der Waals surface area contributed by atoms with Gasteiger partial charge in [-0.05, 0) is 36.5 Å². The summed E-state index contributed by atoms with van der Waals surface area (Å²) < 4.78 is 11.2. The van der Waals surface area contributed by atoms with Crippen molar-refractivity contribution in [3.05, 3.63) is 51.7 Å². The van der Waals surface area contributed by atoms with Crippen molar-refractivity contribution in [1.29, 1.82) is 0 Å². The molecule has 0 amide bonds. The van der Waals surface area contributed by atoms with E-state index in [1.54, 1.807) is 6.07 Å². The minimum absolute atomic E-state index is 0.324. The minimum Gasteiger partial charge on any atom is -0.423 e. The van der Waals surface area contributed by atoms with Gasteiger partial charge in [0.1, 0.15) is 5.58 Å². The molecule has 1 saturated carbocycles. The highest BCUT2D eigenvalue weighted by Gasteiger charge is 2.21. The molecule has 0 radical (unpaired) electrons. The summed E-state index contributed by atoms with van der Waals surface area (Å²) in [6.45, 7) is 2.08. The summed E-state index contributed by atoms with van der Waals surface area (Å²) >= 11 is 1.47. The van der Waals surface area contributed by atoms with Gasteiger partial charge < -0.3 is 8.83 Å². The van der Waals surface area contributed by atoms with E-state index in [0.717, 1.165) is 41.7 Å². The maximum absolute atomic E-state index is 11.9. The van der Waals surface area contributed by atoms with Crippen LogP contribution in [0.25, 0.3) is 11.0 Å². The van der Waals surface area contributed by atoms with Gasteiger partial charge in [0.05, 0.1) is 0 Å². The van der Waals surface area contributed by atoms with Crippen LogP contribution in [0.5, 0.6) is 0 Å². The van der Waals surface area contributed by atoms with E-state index in [4.69, 9.17) is 8.83 Å². The van der Waals surface area contributed by atoms with Crippen LogP contribution in [0.3, 0.4) is 0 Å². The first kappa shape index (κ1) is 17.3. The summed E-state index contributed by atoms with van der Waals surface area (Å²) in [5.41, 5.74) is 2.40. The van der Waals surface area contributed by atoms with Gasteiger partial charge in [-0.3, -0.25) is 0 Å². The molecule has 1 aliphatic carbocycles. The number of benzene rings is 1. The Kier molecular flexibility index (Phi) is 5.11. The molecule has 0 N–H and O–H groups in total. The normalized spacial score (nSPS) is 15.6. The van der Waals surface area contributed by atoms with E-state index in [0.29, 0.717) is 22.5 Å². The Morgan fingerprint density at radius 2 is 1.96 bits per heavy atom. The lowest BCUT2D eigenvalue weighted by Crippen LogP contribution is -2.04. The van der Waals surface area contributed by atoms with Gasteiger partial charge in [-0.25, -0.2) is 4.79 Å². The van der Waals surface area contributed by atoms with Gasteiger partial charge in [0.2, 0.25) is 5.89 Å². The van der Waals surface area contributed by atoms with Crippen molar-refractivity contribution in [3.63, 3.8) is 0 Å². The smallest absolute Gasteiger partial charge is 0.336 e. The Hall–Kier alpha value is -2.08. The first-order chi connectivity index (χ1) is 12.7. The lowest BCUT2D eigenvalue weighted by atomic mass is 9.89. The molecular formula is C20H22N2O3S. The fourth-order valence-electron chi connectivity index (χ4n) is 3.55. The molecule has 0 unspecified atom stereocenters. The molecule has 2 aromatic heterocycles. The fourth-order valence-corrected chi connectivity index (χ4v) is 4.31. The molecule has 1 aliphatic rings. The summed E-state index contributed by atoms with van der Waals surface area (Å²) in [6, 6.07) is 7.59. The molecule has 2 heterocycles. The van der Waals surface area contributed by atoms with Gasteiger partial charge in [-0.2, -0.15) is 0 Å². The maximum Gasteiger partial charge on any atom is 0.336 e. The van der Waals surface area contributed by atoms with E-state index in [1.165, 1.54) is 31.0 Å². The van der Waals surface area contributed by atoms with Crippen molar-refractivity contribution in [3.8, 4) is 0 Å². The van der Waals surface area contributed by atoms with Crippen LogP contribution in [0.1, 0.15) is 62.0 Å². The van der Waals surface area contributed by atoms with Gasteiger partial charge in [0.25, 0.3) is 5.22 Å². The van der Waals surface area contributed by atoms with Crippen molar-refractivity contribution >= 4 is 22.7 Å². The molecular weight excluding hydrogens is 348 g/mol. The summed E-state index contributed by atoms with van der Waals surface area (Å²) in [7, 11) is 0. The Morgan fingerprint density at radius 3 is 2.77 bits per heavy atom. The zero-order valence-electron chi connectivity index (χ0n) is 14.9. The number of aryl methyl sites for hydroxylation is 1. The maximum atomic E-state index is 11.9. The first-order valence-electron chi connectivity index (χ1n) is 9.25. The molecule has 5 nitrogen and oxygen atoms in total. The first-order valence-corrected chi connectivity index (χ1v) is 10.2. The average Bonchev–Trinajstić information content (AvgIpc) is 3.15. The summed E-state index contributed by atoms with van der Waals surface area (Å²) in [6.07, 6.45) is 6.95. The van der Waals surface area contributed by atoms with E-state index in [2.05, 4.69) is 23.2 Å². The summed E-state index contributed by atoms with van der Waals surface area (Å²) in [4.78, 5) is 11.9. The molecule has 0 aliphatic heterocycles. The standard InChI is InChI=1S/C20H22N2O3S/c1-2-13-8-9-16-15(11-18(23)24-17(16)10-13)12-26-20-22-21-19(25-20)14-6-4-3-5-7-14/h8-11,14H,2-7,12H2,1H3. The van der Waals surface area contributed by atoms with Gasteiger partial charge in [0, 0.05) is 23.1 Å². The molecule has 136 valence electrons. The molecule has 0 saturated heterocycles. The van der Waals surface area contributed by atoms with E-state index in [9.17, 15) is 4.79 Å². The van der Waals surface area contributed by atoms with Crippen LogP contribution in [-0.4, -0.2) is 10.2 Å². The molecule has 0 atom stereocenters. The molecule has 1 aromatic carbocycles. The average molecular weight is 370 g/mol. The van der Waals surface area contributed by atoms with Gasteiger partial charge >= 0.3 is 5.63 Å². The Labute approximate surface area is 156 Å². The third-order valence-electron chi connectivity index (χ3n) is 5.03. The second kappa shape index (κ2) is 7.66. The van der Waals surface area contributed by atoms with Crippen LogP contribution in [0, 0.1) is 0 Å². The molecule has 1 fully saturated rings. The topological polar surface area (TPSA) is 69.1 Å². The highest BCUT2D eigenvalue weighted by molar-refractivity contribution is 7.98. The third kappa shape index (κ3) is 3.70. The quantitative estimate of drug-likeness (QED) is 0.461. The van der Waals surface area contributed by atoms with Crippen LogP contribution < -0.4 is 5.63 Å². The lowest BCUT2D eigenvalue weighted by Gasteiger charge is -2.17. The molecule has 6 heteroatoms. The van der Waals surface area contributed by atoms with Crippen LogP contribution in [0.15, 0.2) is 43.1 Å². The SMILES string of the molecule is CCc1ccc2c(CSc3nnc(C4CCCCC4)o3)cc(=O)oc2c1. The third-order valence-corrected chi connectivity index (χ3v) is 5.90. The largest absolute Gasteiger partial charge is 0.423 e. The van der Waals surface area contributed by atoms with Crippen LogP contribution in [-0.2, 0) is 12.2 Å². The Balaban J connectivity index is 1.52. The Bertz CT molecular complexity index is 957.